The number of hydrogen-bond donors (Lipinski definition) is 4. The second-order valence-corrected chi connectivity index (χ2v) is 8.61. The summed E-state index contributed by atoms with van der Waals surface area (Å²) in [7, 11) is -4.27. The van der Waals surface area contributed by atoms with Crippen LogP contribution in [0.25, 0.3) is 0 Å². The lowest BCUT2D eigenvalue weighted by atomic mass is 9.93. The lowest BCUT2D eigenvalue weighted by molar-refractivity contribution is 0.219. The fourth-order valence-electron chi connectivity index (χ4n) is 2.82. The van der Waals surface area contributed by atoms with E-state index in [9.17, 15) is 9.67 Å². The third-order valence-electron chi connectivity index (χ3n) is 4.62. The zero-order valence-electron chi connectivity index (χ0n) is 15.8. The van der Waals surface area contributed by atoms with E-state index in [0.29, 0.717) is 12.8 Å². The summed E-state index contributed by atoms with van der Waals surface area (Å²) >= 11 is 0. The molecule has 0 heterocycles. The van der Waals surface area contributed by atoms with Crippen LogP contribution in [0.15, 0.2) is 36.2 Å². The molecule has 0 aliphatic rings. The minimum absolute atomic E-state index is 0.361. The molecule has 0 saturated carbocycles. The summed E-state index contributed by atoms with van der Waals surface area (Å²) in [4.78, 5) is 17.8. The van der Waals surface area contributed by atoms with Crippen LogP contribution in [0.4, 0.5) is 0 Å². The maximum Gasteiger partial charge on any atom is 0.348 e. The van der Waals surface area contributed by atoms with Gasteiger partial charge in [0.15, 0.2) is 0 Å². The first-order valence-corrected chi connectivity index (χ1v) is 11.2. The summed E-state index contributed by atoms with van der Waals surface area (Å²) < 4.78 is 10.9. The van der Waals surface area contributed by atoms with Crippen LogP contribution in [0.3, 0.4) is 0 Å². The normalized spacial score (nSPS) is 14.7. The molecule has 1 atom stereocenters. The second kappa shape index (κ2) is 11.7. The summed E-state index contributed by atoms with van der Waals surface area (Å²) in [5.41, 5.74) is 7.32. The van der Waals surface area contributed by atoms with Crippen molar-refractivity contribution in [2.24, 2.45) is 5.73 Å². The number of unbranched alkanes of at least 4 members (excludes halogenated alkanes) is 5. The fraction of sp³-hybridized carbons (Fsp3) is 0.600. The molecular weight excluding hydrogens is 349 g/mol. The van der Waals surface area contributed by atoms with Gasteiger partial charge in [0, 0.05) is 5.82 Å². The topological polar surface area (TPSA) is 104 Å². The molecule has 0 amide bonds. The molecule has 1 aromatic carbocycles. The fourth-order valence-corrected chi connectivity index (χ4v) is 3.31. The van der Waals surface area contributed by atoms with Crippen molar-refractivity contribution < 1.29 is 19.5 Å². The van der Waals surface area contributed by atoms with E-state index in [2.05, 4.69) is 31.2 Å². The highest BCUT2D eigenvalue weighted by Gasteiger charge is 2.22. The number of aryl methyl sites for hydroxylation is 2. The van der Waals surface area contributed by atoms with Crippen molar-refractivity contribution in [3.05, 3.63) is 47.3 Å². The van der Waals surface area contributed by atoms with E-state index in [0.717, 1.165) is 17.8 Å². The molecule has 0 fully saturated rings. The number of benzene rings is 1. The Kier molecular flexibility index (Phi) is 10.4. The minimum Gasteiger partial charge on any atom is -0.394 e. The molecule has 1 aromatic rings. The Morgan fingerprint density at radius 1 is 1.00 bits per heavy atom. The molecule has 0 aliphatic heterocycles. The van der Waals surface area contributed by atoms with Crippen LogP contribution in [-0.4, -0.2) is 27.0 Å². The Morgan fingerprint density at radius 3 is 2.08 bits per heavy atom. The van der Waals surface area contributed by atoms with Crippen molar-refractivity contribution >= 4 is 7.60 Å². The molecule has 0 aromatic heterocycles. The van der Waals surface area contributed by atoms with E-state index in [1.165, 1.54) is 50.2 Å². The van der Waals surface area contributed by atoms with E-state index in [-0.39, 0.29) is 6.61 Å². The highest BCUT2D eigenvalue weighted by Crippen LogP contribution is 2.37. The third kappa shape index (κ3) is 10.2. The van der Waals surface area contributed by atoms with Gasteiger partial charge in [-0.15, -0.1) is 0 Å². The molecule has 0 saturated heterocycles. The quantitative estimate of drug-likeness (QED) is 0.305. The minimum atomic E-state index is -4.27. The third-order valence-corrected chi connectivity index (χ3v) is 5.15. The first-order valence-electron chi connectivity index (χ1n) is 9.51. The number of aliphatic hydroxyl groups is 1. The Balaban J connectivity index is 2.43. The Morgan fingerprint density at radius 2 is 1.54 bits per heavy atom. The monoisotopic (exact) mass is 383 g/mol. The van der Waals surface area contributed by atoms with Crippen molar-refractivity contribution in [2.45, 2.75) is 70.3 Å². The smallest absolute Gasteiger partial charge is 0.348 e. The largest absolute Gasteiger partial charge is 0.394 e. The zero-order valence-corrected chi connectivity index (χ0v) is 16.7. The first-order chi connectivity index (χ1) is 12.3. The van der Waals surface area contributed by atoms with Gasteiger partial charge >= 0.3 is 7.60 Å². The molecular formula is C20H34NO4P. The number of aliphatic hydroxyl groups excluding tert-OH is 1. The number of hydrogen-bond acceptors (Lipinski definition) is 3. The highest BCUT2D eigenvalue weighted by molar-refractivity contribution is 7.55. The van der Waals surface area contributed by atoms with Crippen molar-refractivity contribution in [3.8, 4) is 0 Å². The van der Waals surface area contributed by atoms with Crippen molar-refractivity contribution in [1.82, 2.24) is 0 Å². The van der Waals surface area contributed by atoms with Gasteiger partial charge in [0.1, 0.15) is 0 Å². The van der Waals surface area contributed by atoms with Gasteiger partial charge in [0.2, 0.25) is 0 Å². The molecule has 1 rings (SSSR count). The standard InChI is InChI=1S/C20H34NO4P/c1-2-3-4-5-6-7-8-18-9-11-19(12-10-18)13-14-20(21,17-22)15-16-26(23,24)25/h9-12,15-16,22H,2-8,13-14,17,21H2,1H3,(H2,23,24,25)/b16-15+. The van der Waals surface area contributed by atoms with Crippen molar-refractivity contribution in [3.63, 3.8) is 0 Å². The second-order valence-electron chi connectivity index (χ2n) is 7.13. The molecule has 5 nitrogen and oxygen atoms in total. The van der Waals surface area contributed by atoms with Crippen LogP contribution < -0.4 is 5.73 Å². The Hall–Kier alpha value is -0.970. The van der Waals surface area contributed by atoms with Gasteiger partial charge in [-0.1, -0.05) is 69.4 Å². The molecule has 0 radical (unpaired) electrons. The lowest BCUT2D eigenvalue weighted by Gasteiger charge is -2.23. The summed E-state index contributed by atoms with van der Waals surface area (Å²) in [5.74, 6) is 0.771. The van der Waals surface area contributed by atoms with Gasteiger partial charge in [0.25, 0.3) is 0 Å². The Bertz CT molecular complexity index is 582. The molecule has 0 spiro atoms. The van der Waals surface area contributed by atoms with Crippen molar-refractivity contribution in [2.75, 3.05) is 6.61 Å². The Labute approximate surface area is 157 Å². The van der Waals surface area contributed by atoms with Gasteiger partial charge in [-0.2, -0.15) is 0 Å². The maximum atomic E-state index is 10.9. The van der Waals surface area contributed by atoms with E-state index < -0.39 is 13.1 Å². The van der Waals surface area contributed by atoms with Crippen LogP contribution in [0.5, 0.6) is 0 Å². The average molecular weight is 383 g/mol. The number of nitrogens with two attached hydrogens (primary N) is 1. The van der Waals surface area contributed by atoms with Gasteiger partial charge in [-0.3, -0.25) is 4.57 Å². The van der Waals surface area contributed by atoms with Crippen LogP contribution in [0.1, 0.15) is 63.0 Å². The number of rotatable bonds is 13. The molecule has 0 bridgehead atoms. The zero-order chi connectivity index (χ0) is 19.5. The first kappa shape index (κ1) is 23.1. The summed E-state index contributed by atoms with van der Waals surface area (Å²) in [6, 6.07) is 8.39. The highest BCUT2D eigenvalue weighted by atomic mass is 31.2. The average Bonchev–Trinajstić information content (AvgIpc) is 2.61. The summed E-state index contributed by atoms with van der Waals surface area (Å²) in [5, 5.41) is 9.45. The lowest BCUT2D eigenvalue weighted by Crippen LogP contribution is -2.42. The molecule has 148 valence electrons. The van der Waals surface area contributed by atoms with Gasteiger partial charge < -0.3 is 20.6 Å². The van der Waals surface area contributed by atoms with E-state index >= 15 is 0 Å². The van der Waals surface area contributed by atoms with E-state index in [1.54, 1.807) is 0 Å². The van der Waals surface area contributed by atoms with Crippen LogP contribution in [0, 0.1) is 0 Å². The predicted molar refractivity (Wildman–Crippen MR) is 107 cm³/mol. The van der Waals surface area contributed by atoms with E-state index in [4.69, 9.17) is 15.5 Å². The maximum absolute atomic E-state index is 10.9. The van der Waals surface area contributed by atoms with E-state index in [1.807, 2.05) is 0 Å². The van der Waals surface area contributed by atoms with Crippen LogP contribution in [0.2, 0.25) is 0 Å². The van der Waals surface area contributed by atoms with Gasteiger partial charge in [-0.05, 0) is 36.8 Å². The van der Waals surface area contributed by atoms with Crippen LogP contribution >= 0.6 is 7.60 Å². The van der Waals surface area contributed by atoms with Crippen molar-refractivity contribution in [1.29, 1.82) is 0 Å². The molecule has 0 aliphatic carbocycles. The molecule has 26 heavy (non-hydrogen) atoms. The van der Waals surface area contributed by atoms with Crippen LogP contribution in [-0.2, 0) is 17.4 Å². The summed E-state index contributed by atoms with van der Waals surface area (Å²) in [6.07, 6.45) is 11.1. The SMILES string of the molecule is CCCCCCCCc1ccc(CCC(N)(/C=C/P(=O)(O)O)CO)cc1. The summed E-state index contributed by atoms with van der Waals surface area (Å²) in [6.45, 7) is 1.87. The predicted octanol–water partition coefficient (Wildman–Crippen LogP) is 3.90. The molecule has 6 heteroatoms. The van der Waals surface area contributed by atoms with Gasteiger partial charge in [0.05, 0.1) is 12.1 Å². The molecule has 1 unspecified atom stereocenters. The van der Waals surface area contributed by atoms with Gasteiger partial charge in [-0.25, -0.2) is 0 Å². The molecule has 5 N–H and O–H groups in total.